The Labute approximate surface area is 98.2 Å². The van der Waals surface area contributed by atoms with E-state index in [9.17, 15) is 0 Å². The molecule has 0 amide bonds. The first-order chi connectivity index (χ1) is 7.60. The van der Waals surface area contributed by atoms with E-state index in [1.165, 1.54) is 16.7 Å². The average Bonchev–Trinajstić information content (AvgIpc) is 2.30. The molecule has 16 heavy (non-hydrogen) atoms. The lowest BCUT2D eigenvalue weighted by Gasteiger charge is -2.16. The van der Waals surface area contributed by atoms with Crippen molar-refractivity contribution in [1.29, 1.82) is 0 Å². The van der Waals surface area contributed by atoms with Crippen LogP contribution in [0.25, 0.3) is 0 Å². The van der Waals surface area contributed by atoms with Gasteiger partial charge >= 0.3 is 0 Å². The summed E-state index contributed by atoms with van der Waals surface area (Å²) < 4.78 is 5.30. The van der Waals surface area contributed by atoms with Crippen LogP contribution < -0.4 is 10.5 Å². The topological polar surface area (TPSA) is 38.5 Å². The van der Waals surface area contributed by atoms with E-state index < -0.39 is 0 Å². The molecule has 1 aromatic rings. The van der Waals surface area contributed by atoms with Gasteiger partial charge < -0.3 is 10.5 Å². The van der Waals surface area contributed by atoms with Gasteiger partial charge in [-0.1, -0.05) is 6.07 Å². The maximum absolute atomic E-state index is 5.56. The zero-order chi connectivity index (χ0) is 12.1. The molecule has 0 aliphatic heterocycles. The third-order valence-corrected chi connectivity index (χ3v) is 3.14. The van der Waals surface area contributed by atoms with Crippen molar-refractivity contribution < 1.29 is 4.74 Å². The first-order valence-electron chi connectivity index (χ1n) is 5.61. The number of likely N-dealkylation sites (N-methyl/N-ethyl adjacent to an activating group) is 1. The summed E-state index contributed by atoms with van der Waals surface area (Å²) in [6.45, 7) is 5.84. The Hall–Kier alpha value is -1.06. The fourth-order valence-electron chi connectivity index (χ4n) is 1.75. The lowest BCUT2D eigenvalue weighted by atomic mass is 10.00. The molecule has 0 spiro atoms. The molecule has 0 aromatic heterocycles. The Kier molecular flexibility index (Phi) is 4.77. The van der Waals surface area contributed by atoms with E-state index in [1.54, 1.807) is 7.11 Å². The van der Waals surface area contributed by atoms with Gasteiger partial charge in [-0.05, 0) is 50.1 Å². The lowest BCUT2D eigenvalue weighted by molar-refractivity contribution is 0.349. The van der Waals surface area contributed by atoms with Crippen LogP contribution in [0.4, 0.5) is 0 Å². The minimum atomic E-state index is 0.605. The molecule has 3 heteroatoms. The van der Waals surface area contributed by atoms with Crippen LogP contribution in [-0.2, 0) is 6.42 Å². The predicted molar refractivity (Wildman–Crippen MR) is 67.9 cm³/mol. The Balaban J connectivity index is 2.78. The van der Waals surface area contributed by atoms with Gasteiger partial charge in [-0.3, -0.25) is 4.90 Å². The van der Waals surface area contributed by atoms with Gasteiger partial charge in [-0.2, -0.15) is 0 Å². The number of nitrogens with zero attached hydrogens (tertiary/aromatic N) is 1. The van der Waals surface area contributed by atoms with E-state index in [0.29, 0.717) is 6.67 Å². The molecule has 0 unspecified atom stereocenters. The van der Waals surface area contributed by atoms with E-state index in [-0.39, 0.29) is 0 Å². The minimum Gasteiger partial charge on any atom is -0.496 e. The summed E-state index contributed by atoms with van der Waals surface area (Å²) in [5, 5.41) is 0. The smallest absolute Gasteiger partial charge is 0.122 e. The van der Waals surface area contributed by atoms with E-state index in [4.69, 9.17) is 10.5 Å². The standard InChI is InChI=1S/C13H22N2O/c1-10-11(2)13(16-4)6-5-12(10)7-8-15(3)9-14/h5-6H,7-9,14H2,1-4H3. The molecule has 0 heterocycles. The highest BCUT2D eigenvalue weighted by Crippen LogP contribution is 2.24. The zero-order valence-corrected chi connectivity index (χ0v) is 10.7. The van der Waals surface area contributed by atoms with Crippen LogP contribution in [0, 0.1) is 13.8 Å². The molecule has 0 aliphatic carbocycles. The Morgan fingerprint density at radius 2 is 1.94 bits per heavy atom. The maximum Gasteiger partial charge on any atom is 0.122 e. The molecule has 0 atom stereocenters. The average molecular weight is 222 g/mol. The van der Waals surface area contributed by atoms with Crippen molar-refractivity contribution in [3.63, 3.8) is 0 Å². The molecule has 0 saturated carbocycles. The van der Waals surface area contributed by atoms with E-state index in [1.807, 2.05) is 13.1 Å². The molecule has 0 fully saturated rings. The van der Waals surface area contributed by atoms with Crippen molar-refractivity contribution in [3.05, 3.63) is 28.8 Å². The third-order valence-electron chi connectivity index (χ3n) is 3.14. The van der Waals surface area contributed by atoms with Crippen molar-refractivity contribution >= 4 is 0 Å². The number of rotatable bonds is 5. The van der Waals surface area contributed by atoms with Gasteiger partial charge in [0, 0.05) is 13.2 Å². The molecule has 0 bridgehead atoms. The third kappa shape index (κ3) is 2.97. The summed E-state index contributed by atoms with van der Waals surface area (Å²) in [6, 6.07) is 4.19. The predicted octanol–water partition coefficient (Wildman–Crippen LogP) is 1.70. The van der Waals surface area contributed by atoms with Gasteiger partial charge in [-0.15, -0.1) is 0 Å². The van der Waals surface area contributed by atoms with Gasteiger partial charge in [0.1, 0.15) is 5.75 Å². The Bertz CT molecular complexity index is 350. The second-order valence-corrected chi connectivity index (χ2v) is 4.19. The van der Waals surface area contributed by atoms with Crippen molar-refractivity contribution in [2.75, 3.05) is 27.4 Å². The monoisotopic (exact) mass is 222 g/mol. The van der Waals surface area contributed by atoms with Crippen molar-refractivity contribution in [3.8, 4) is 5.75 Å². The SMILES string of the molecule is COc1ccc(CCN(C)CN)c(C)c1C. The summed E-state index contributed by atoms with van der Waals surface area (Å²) in [5.74, 6) is 0.966. The number of ether oxygens (including phenoxy) is 1. The Morgan fingerprint density at radius 3 is 2.50 bits per heavy atom. The van der Waals surface area contributed by atoms with Gasteiger partial charge in [-0.25, -0.2) is 0 Å². The maximum atomic E-state index is 5.56. The van der Waals surface area contributed by atoms with Gasteiger partial charge in [0.15, 0.2) is 0 Å². The van der Waals surface area contributed by atoms with Crippen LogP contribution >= 0.6 is 0 Å². The largest absolute Gasteiger partial charge is 0.496 e. The molecular formula is C13H22N2O. The van der Waals surface area contributed by atoms with Gasteiger partial charge in [0.05, 0.1) is 7.11 Å². The molecule has 0 saturated heterocycles. The summed E-state index contributed by atoms with van der Waals surface area (Å²) in [6.07, 6.45) is 1.03. The molecule has 3 nitrogen and oxygen atoms in total. The number of benzene rings is 1. The van der Waals surface area contributed by atoms with Crippen LogP contribution in [0.1, 0.15) is 16.7 Å². The molecule has 1 aromatic carbocycles. The lowest BCUT2D eigenvalue weighted by Crippen LogP contribution is -2.27. The quantitative estimate of drug-likeness (QED) is 0.771. The van der Waals surface area contributed by atoms with E-state index in [0.717, 1.165) is 18.7 Å². The number of hydrogen-bond donors (Lipinski definition) is 1. The normalized spacial score (nSPS) is 10.9. The van der Waals surface area contributed by atoms with Gasteiger partial charge in [0.25, 0.3) is 0 Å². The first kappa shape index (κ1) is 13.0. The fraction of sp³-hybridized carbons (Fsp3) is 0.538. The molecule has 2 N–H and O–H groups in total. The minimum absolute atomic E-state index is 0.605. The molecule has 90 valence electrons. The van der Waals surface area contributed by atoms with Crippen LogP contribution in [0.5, 0.6) is 5.75 Å². The highest BCUT2D eigenvalue weighted by Gasteiger charge is 2.07. The highest BCUT2D eigenvalue weighted by atomic mass is 16.5. The van der Waals surface area contributed by atoms with Crippen LogP contribution in [0.2, 0.25) is 0 Å². The summed E-state index contributed by atoms with van der Waals surface area (Å²) >= 11 is 0. The summed E-state index contributed by atoms with van der Waals surface area (Å²) in [4.78, 5) is 2.11. The molecular weight excluding hydrogens is 200 g/mol. The van der Waals surface area contributed by atoms with Crippen molar-refractivity contribution in [1.82, 2.24) is 4.90 Å². The van der Waals surface area contributed by atoms with Gasteiger partial charge in [0.2, 0.25) is 0 Å². The van der Waals surface area contributed by atoms with Crippen molar-refractivity contribution in [2.45, 2.75) is 20.3 Å². The number of hydrogen-bond acceptors (Lipinski definition) is 3. The van der Waals surface area contributed by atoms with Crippen LogP contribution in [-0.4, -0.2) is 32.3 Å². The van der Waals surface area contributed by atoms with Crippen LogP contribution in [0.15, 0.2) is 12.1 Å². The summed E-state index contributed by atoms with van der Waals surface area (Å²) in [5.41, 5.74) is 9.49. The number of methoxy groups -OCH3 is 1. The zero-order valence-electron chi connectivity index (χ0n) is 10.7. The summed E-state index contributed by atoms with van der Waals surface area (Å²) in [7, 11) is 3.75. The van der Waals surface area contributed by atoms with E-state index in [2.05, 4.69) is 24.8 Å². The molecule has 1 rings (SSSR count). The molecule has 0 radical (unpaired) electrons. The van der Waals surface area contributed by atoms with Crippen molar-refractivity contribution in [2.24, 2.45) is 5.73 Å². The first-order valence-corrected chi connectivity index (χ1v) is 5.61. The molecule has 0 aliphatic rings. The fourth-order valence-corrected chi connectivity index (χ4v) is 1.75. The highest BCUT2D eigenvalue weighted by molar-refractivity contribution is 5.43. The Morgan fingerprint density at radius 1 is 1.25 bits per heavy atom. The second-order valence-electron chi connectivity index (χ2n) is 4.19. The van der Waals surface area contributed by atoms with Crippen LogP contribution in [0.3, 0.4) is 0 Å². The number of nitrogens with two attached hydrogens (primary N) is 1. The second kappa shape index (κ2) is 5.87. The van der Waals surface area contributed by atoms with E-state index >= 15 is 0 Å².